The highest BCUT2D eigenvalue weighted by atomic mass is 16.1. The summed E-state index contributed by atoms with van der Waals surface area (Å²) in [5, 5.41) is 0. The van der Waals surface area contributed by atoms with Gasteiger partial charge in [0.05, 0.1) is 5.54 Å². The number of carbonyl (C=O) groups is 1. The van der Waals surface area contributed by atoms with E-state index in [2.05, 4.69) is 11.8 Å². The van der Waals surface area contributed by atoms with Gasteiger partial charge in [-0.2, -0.15) is 0 Å². The molecule has 1 aliphatic heterocycles. The summed E-state index contributed by atoms with van der Waals surface area (Å²) in [6.07, 6.45) is 5.54. The van der Waals surface area contributed by atoms with E-state index in [0.717, 1.165) is 13.0 Å². The quantitative estimate of drug-likeness (QED) is 0.731. The lowest BCUT2D eigenvalue weighted by Crippen LogP contribution is -2.49. The molecular weight excluding hydrogens is 202 g/mol. The molecule has 2 atom stereocenters. The van der Waals surface area contributed by atoms with Crippen molar-refractivity contribution in [1.29, 1.82) is 0 Å². The highest BCUT2D eigenvalue weighted by Crippen LogP contribution is 2.18. The average Bonchev–Trinajstić information content (AvgIpc) is 2.20. The normalized spacial score (nSPS) is 26.3. The number of hydrogen-bond acceptors (Lipinski definition) is 3. The summed E-state index contributed by atoms with van der Waals surface area (Å²) in [5.74, 6) is -0.404. The Hall–Kier alpha value is -0.610. The number of rotatable bonds is 5. The lowest BCUT2D eigenvalue weighted by molar-refractivity contribution is -0.122. The smallest absolute Gasteiger partial charge is 0.237 e. The molecule has 0 aromatic rings. The van der Waals surface area contributed by atoms with Crippen LogP contribution in [0.4, 0.5) is 0 Å². The summed E-state index contributed by atoms with van der Waals surface area (Å²) in [5.41, 5.74) is 10.2. The number of carbonyl (C=O) groups excluding carboxylic acids is 1. The zero-order chi connectivity index (χ0) is 12.2. The van der Waals surface area contributed by atoms with E-state index in [1.165, 1.54) is 25.8 Å². The van der Waals surface area contributed by atoms with Gasteiger partial charge in [-0.15, -0.1) is 0 Å². The van der Waals surface area contributed by atoms with Crippen molar-refractivity contribution in [3.63, 3.8) is 0 Å². The van der Waals surface area contributed by atoms with Crippen molar-refractivity contribution in [3.8, 4) is 0 Å². The van der Waals surface area contributed by atoms with Crippen molar-refractivity contribution < 1.29 is 4.79 Å². The van der Waals surface area contributed by atoms with Gasteiger partial charge in [-0.1, -0.05) is 6.42 Å². The fraction of sp³-hybridized carbons (Fsp3) is 0.917. The van der Waals surface area contributed by atoms with Crippen LogP contribution in [-0.2, 0) is 4.79 Å². The van der Waals surface area contributed by atoms with Crippen molar-refractivity contribution >= 4 is 5.91 Å². The third-order valence-electron chi connectivity index (χ3n) is 3.64. The first-order chi connectivity index (χ1) is 7.43. The molecule has 4 heteroatoms. The first-order valence-electron chi connectivity index (χ1n) is 6.26. The van der Waals surface area contributed by atoms with Crippen molar-refractivity contribution in [2.45, 2.75) is 57.5 Å². The summed E-state index contributed by atoms with van der Waals surface area (Å²) in [6, 6.07) is 0.673. The molecule has 0 spiro atoms. The van der Waals surface area contributed by atoms with E-state index in [9.17, 15) is 4.79 Å². The van der Waals surface area contributed by atoms with Crippen LogP contribution in [0.1, 0.15) is 46.0 Å². The van der Waals surface area contributed by atoms with Crippen LogP contribution in [0.15, 0.2) is 0 Å². The van der Waals surface area contributed by atoms with Crippen LogP contribution in [0.5, 0.6) is 0 Å². The highest BCUT2D eigenvalue weighted by Gasteiger charge is 2.26. The molecule has 94 valence electrons. The van der Waals surface area contributed by atoms with Gasteiger partial charge in [0, 0.05) is 6.04 Å². The second kappa shape index (κ2) is 5.64. The molecular formula is C12H25N3O. The van der Waals surface area contributed by atoms with Crippen LogP contribution in [0.25, 0.3) is 0 Å². The van der Waals surface area contributed by atoms with E-state index in [1.54, 1.807) is 6.92 Å². The van der Waals surface area contributed by atoms with E-state index in [0.29, 0.717) is 12.5 Å². The van der Waals surface area contributed by atoms with Crippen LogP contribution in [0, 0.1) is 0 Å². The van der Waals surface area contributed by atoms with Gasteiger partial charge in [-0.3, -0.25) is 4.79 Å². The number of primary amides is 1. The third kappa shape index (κ3) is 3.76. The standard InChI is InChI=1S/C12H25N3O/c1-10-6-3-4-8-15(10)9-5-7-12(2,14)11(13)16/h10H,3-9,14H2,1-2H3,(H2,13,16). The fourth-order valence-corrected chi connectivity index (χ4v) is 2.26. The highest BCUT2D eigenvalue weighted by molar-refractivity contribution is 5.83. The first-order valence-corrected chi connectivity index (χ1v) is 6.26. The predicted octanol–water partition coefficient (Wildman–Crippen LogP) is 0.844. The monoisotopic (exact) mass is 227 g/mol. The van der Waals surface area contributed by atoms with E-state index >= 15 is 0 Å². The lowest BCUT2D eigenvalue weighted by atomic mass is 9.95. The zero-order valence-electron chi connectivity index (χ0n) is 10.5. The van der Waals surface area contributed by atoms with Gasteiger partial charge in [0.25, 0.3) is 0 Å². The summed E-state index contributed by atoms with van der Waals surface area (Å²) in [7, 11) is 0. The molecule has 0 aromatic heterocycles. The SMILES string of the molecule is CC1CCCCN1CCCC(C)(N)C(N)=O. The average molecular weight is 227 g/mol. The lowest BCUT2D eigenvalue weighted by Gasteiger charge is -2.34. The second-order valence-corrected chi connectivity index (χ2v) is 5.27. The number of amides is 1. The molecule has 0 aliphatic carbocycles. The largest absolute Gasteiger partial charge is 0.368 e. The summed E-state index contributed by atoms with van der Waals surface area (Å²) in [6.45, 7) is 6.20. The Kier molecular flexibility index (Phi) is 4.74. The third-order valence-corrected chi connectivity index (χ3v) is 3.64. The van der Waals surface area contributed by atoms with Gasteiger partial charge < -0.3 is 16.4 Å². The molecule has 4 N–H and O–H groups in total. The van der Waals surface area contributed by atoms with Gasteiger partial charge in [-0.05, 0) is 52.6 Å². The van der Waals surface area contributed by atoms with Gasteiger partial charge in [0.1, 0.15) is 0 Å². The summed E-state index contributed by atoms with van der Waals surface area (Å²) >= 11 is 0. The molecule has 1 aliphatic rings. The molecule has 0 aromatic carbocycles. The molecule has 0 radical (unpaired) electrons. The number of nitrogens with zero attached hydrogens (tertiary/aromatic N) is 1. The first kappa shape index (κ1) is 13.5. The van der Waals surface area contributed by atoms with Gasteiger partial charge in [0.15, 0.2) is 0 Å². The second-order valence-electron chi connectivity index (χ2n) is 5.27. The van der Waals surface area contributed by atoms with Crippen LogP contribution in [0.3, 0.4) is 0 Å². The Morgan fingerprint density at radius 3 is 2.75 bits per heavy atom. The van der Waals surface area contributed by atoms with E-state index in [-0.39, 0.29) is 0 Å². The minimum atomic E-state index is -0.848. The molecule has 4 nitrogen and oxygen atoms in total. The Labute approximate surface area is 98.3 Å². The van der Waals surface area contributed by atoms with Crippen LogP contribution in [0.2, 0.25) is 0 Å². The maximum atomic E-state index is 11.1. The summed E-state index contributed by atoms with van der Waals surface area (Å²) < 4.78 is 0. The maximum Gasteiger partial charge on any atom is 0.237 e. The van der Waals surface area contributed by atoms with E-state index in [4.69, 9.17) is 11.5 Å². The number of hydrogen-bond donors (Lipinski definition) is 2. The van der Waals surface area contributed by atoms with Crippen LogP contribution < -0.4 is 11.5 Å². The molecule has 1 fully saturated rings. The molecule has 2 unspecified atom stereocenters. The van der Waals surface area contributed by atoms with Crippen molar-refractivity contribution in [2.24, 2.45) is 11.5 Å². The Morgan fingerprint density at radius 2 is 2.19 bits per heavy atom. The Balaban J connectivity index is 2.26. The minimum absolute atomic E-state index is 0.404. The topological polar surface area (TPSA) is 72.3 Å². The van der Waals surface area contributed by atoms with Crippen molar-refractivity contribution in [2.75, 3.05) is 13.1 Å². The van der Waals surface area contributed by atoms with Crippen LogP contribution >= 0.6 is 0 Å². The molecule has 0 saturated carbocycles. The van der Waals surface area contributed by atoms with E-state index < -0.39 is 11.4 Å². The van der Waals surface area contributed by atoms with Gasteiger partial charge in [-0.25, -0.2) is 0 Å². The minimum Gasteiger partial charge on any atom is -0.368 e. The van der Waals surface area contributed by atoms with Crippen molar-refractivity contribution in [3.05, 3.63) is 0 Å². The van der Waals surface area contributed by atoms with Gasteiger partial charge >= 0.3 is 0 Å². The van der Waals surface area contributed by atoms with Gasteiger partial charge in [0.2, 0.25) is 5.91 Å². The molecule has 1 heterocycles. The fourth-order valence-electron chi connectivity index (χ4n) is 2.26. The van der Waals surface area contributed by atoms with E-state index in [1.807, 2.05) is 0 Å². The molecule has 1 rings (SSSR count). The molecule has 16 heavy (non-hydrogen) atoms. The Morgan fingerprint density at radius 1 is 1.50 bits per heavy atom. The van der Waals surface area contributed by atoms with Crippen molar-refractivity contribution in [1.82, 2.24) is 4.90 Å². The zero-order valence-corrected chi connectivity index (χ0v) is 10.5. The Bertz CT molecular complexity index is 240. The number of likely N-dealkylation sites (tertiary alicyclic amines) is 1. The molecule has 1 saturated heterocycles. The number of piperidine rings is 1. The van der Waals surface area contributed by atoms with Crippen LogP contribution in [-0.4, -0.2) is 35.5 Å². The molecule has 0 bridgehead atoms. The number of nitrogens with two attached hydrogens (primary N) is 2. The molecule has 1 amide bonds. The summed E-state index contributed by atoms with van der Waals surface area (Å²) in [4.78, 5) is 13.5. The maximum absolute atomic E-state index is 11.1. The predicted molar refractivity (Wildman–Crippen MR) is 65.9 cm³/mol.